The molecule has 0 saturated carbocycles. The Morgan fingerprint density at radius 3 is 2.43 bits per heavy atom. The largest absolute Gasteiger partial charge is 0.324 e. The molecule has 0 bridgehead atoms. The van der Waals surface area contributed by atoms with Crippen molar-refractivity contribution in [3.63, 3.8) is 0 Å². The Bertz CT molecular complexity index is 853. The van der Waals surface area contributed by atoms with Crippen LogP contribution in [0.3, 0.4) is 0 Å². The Kier molecular flexibility index (Phi) is 6.08. The van der Waals surface area contributed by atoms with Gasteiger partial charge in [0.15, 0.2) is 0 Å². The Balaban J connectivity index is 1.64. The number of nitrogens with zero attached hydrogens (tertiary/aromatic N) is 4. The third kappa shape index (κ3) is 4.39. The van der Waals surface area contributed by atoms with E-state index in [1.165, 1.54) is 29.5 Å². The maximum atomic E-state index is 12.6. The lowest BCUT2D eigenvalue weighted by Crippen LogP contribution is -2.29. The lowest BCUT2D eigenvalue weighted by atomic mass is 10.1. The van der Waals surface area contributed by atoms with Crippen LogP contribution in [0, 0.1) is 24.0 Å². The number of piperidine rings is 1. The van der Waals surface area contributed by atoms with Crippen molar-refractivity contribution >= 4 is 17.3 Å². The van der Waals surface area contributed by atoms with E-state index in [9.17, 15) is 14.9 Å². The van der Waals surface area contributed by atoms with Gasteiger partial charge in [-0.15, -0.1) is 0 Å². The lowest BCUT2D eigenvalue weighted by Gasteiger charge is -2.26. The third-order valence-electron chi connectivity index (χ3n) is 5.29. The minimum Gasteiger partial charge on any atom is -0.324 e. The van der Waals surface area contributed by atoms with Gasteiger partial charge in [0.25, 0.3) is 0 Å². The summed E-state index contributed by atoms with van der Waals surface area (Å²) >= 11 is 0. The van der Waals surface area contributed by atoms with E-state index < -0.39 is 11.0 Å². The van der Waals surface area contributed by atoms with Crippen LogP contribution < -0.4 is 5.32 Å². The van der Waals surface area contributed by atoms with Crippen LogP contribution >= 0.6 is 0 Å². The predicted molar refractivity (Wildman–Crippen MR) is 107 cm³/mol. The minimum atomic E-state index is -0.652. The molecule has 8 nitrogen and oxygen atoms in total. The molecule has 1 aromatic heterocycles. The van der Waals surface area contributed by atoms with Gasteiger partial charge in [0.05, 0.1) is 4.92 Å². The van der Waals surface area contributed by atoms with Gasteiger partial charge < -0.3 is 5.32 Å². The van der Waals surface area contributed by atoms with Crippen LogP contribution in [0.15, 0.2) is 24.3 Å². The van der Waals surface area contributed by atoms with Crippen molar-refractivity contribution in [2.75, 3.05) is 18.4 Å². The molecule has 1 unspecified atom stereocenters. The first-order chi connectivity index (χ1) is 13.4. The zero-order valence-corrected chi connectivity index (χ0v) is 16.6. The Hall–Kier alpha value is -2.74. The molecule has 28 heavy (non-hydrogen) atoms. The summed E-state index contributed by atoms with van der Waals surface area (Å²) in [4.78, 5) is 25.8. The number of hydrogen-bond donors (Lipinski definition) is 1. The molecule has 1 aliphatic rings. The SMILES string of the molecule is Cc1nn(C(C)C(=O)Nc2ccc(CN3CCCCC3)cc2)c(C)c1[N+](=O)[O-]. The summed E-state index contributed by atoms with van der Waals surface area (Å²) < 4.78 is 1.41. The highest BCUT2D eigenvalue weighted by Crippen LogP contribution is 2.25. The minimum absolute atomic E-state index is 0.0401. The summed E-state index contributed by atoms with van der Waals surface area (Å²) in [5.41, 5.74) is 2.57. The van der Waals surface area contributed by atoms with Gasteiger partial charge in [-0.25, -0.2) is 0 Å². The number of carbonyl (C=O) groups is 1. The second-order valence-corrected chi connectivity index (χ2v) is 7.42. The number of likely N-dealkylation sites (tertiary alicyclic amines) is 1. The number of hydrogen-bond acceptors (Lipinski definition) is 5. The average molecular weight is 385 g/mol. The van der Waals surface area contributed by atoms with Crippen molar-refractivity contribution in [3.8, 4) is 0 Å². The Labute approximate surface area is 164 Å². The zero-order valence-electron chi connectivity index (χ0n) is 16.6. The van der Waals surface area contributed by atoms with Crippen LogP contribution in [-0.2, 0) is 11.3 Å². The van der Waals surface area contributed by atoms with Gasteiger partial charge in [0, 0.05) is 12.2 Å². The Morgan fingerprint density at radius 2 is 1.86 bits per heavy atom. The number of carbonyl (C=O) groups excluding carboxylic acids is 1. The number of anilines is 1. The smallest absolute Gasteiger partial charge is 0.312 e. The van der Waals surface area contributed by atoms with E-state index in [1.54, 1.807) is 20.8 Å². The van der Waals surface area contributed by atoms with Crippen LogP contribution in [0.2, 0.25) is 0 Å². The van der Waals surface area contributed by atoms with E-state index in [2.05, 4.69) is 15.3 Å². The second-order valence-electron chi connectivity index (χ2n) is 7.42. The quantitative estimate of drug-likeness (QED) is 0.606. The van der Waals surface area contributed by atoms with Crippen LogP contribution in [0.5, 0.6) is 0 Å². The van der Waals surface area contributed by atoms with Crippen LogP contribution in [0.4, 0.5) is 11.4 Å². The second kappa shape index (κ2) is 8.52. The molecule has 1 saturated heterocycles. The van der Waals surface area contributed by atoms with Gasteiger partial charge in [-0.05, 0) is 64.4 Å². The molecule has 8 heteroatoms. The molecule has 1 aromatic carbocycles. The molecule has 1 amide bonds. The third-order valence-corrected chi connectivity index (χ3v) is 5.29. The molecule has 1 N–H and O–H groups in total. The van der Waals surface area contributed by atoms with Gasteiger partial charge in [-0.2, -0.15) is 5.10 Å². The molecular weight excluding hydrogens is 358 g/mol. The first-order valence-corrected chi connectivity index (χ1v) is 9.69. The predicted octanol–water partition coefficient (Wildman–Crippen LogP) is 3.59. The summed E-state index contributed by atoms with van der Waals surface area (Å²) in [6, 6.07) is 7.20. The molecule has 3 rings (SSSR count). The Morgan fingerprint density at radius 1 is 1.21 bits per heavy atom. The fourth-order valence-corrected chi connectivity index (χ4v) is 3.72. The van der Waals surface area contributed by atoms with Crippen molar-refractivity contribution in [1.29, 1.82) is 0 Å². The molecule has 150 valence electrons. The monoisotopic (exact) mass is 385 g/mol. The number of rotatable bonds is 6. The summed E-state index contributed by atoms with van der Waals surface area (Å²) in [5.74, 6) is -0.260. The van der Waals surface area contributed by atoms with Crippen molar-refractivity contribution in [1.82, 2.24) is 14.7 Å². The first kappa shape index (κ1) is 20.0. The normalized spacial score (nSPS) is 16.0. The van der Waals surface area contributed by atoms with E-state index in [-0.39, 0.29) is 11.6 Å². The van der Waals surface area contributed by atoms with Gasteiger partial charge in [0.2, 0.25) is 5.91 Å². The number of benzene rings is 1. The average Bonchev–Trinajstić information content (AvgIpc) is 2.97. The highest BCUT2D eigenvalue weighted by atomic mass is 16.6. The molecule has 1 atom stereocenters. The zero-order chi connectivity index (χ0) is 20.3. The maximum absolute atomic E-state index is 12.6. The molecular formula is C20H27N5O3. The first-order valence-electron chi connectivity index (χ1n) is 9.69. The number of nitrogens with one attached hydrogen (secondary N) is 1. The van der Waals surface area contributed by atoms with Crippen molar-refractivity contribution in [3.05, 3.63) is 51.3 Å². The topological polar surface area (TPSA) is 93.3 Å². The van der Waals surface area contributed by atoms with Gasteiger partial charge >= 0.3 is 5.69 Å². The fraction of sp³-hybridized carbons (Fsp3) is 0.500. The fourth-order valence-electron chi connectivity index (χ4n) is 3.72. The molecule has 2 aromatic rings. The number of nitro groups is 1. The molecule has 0 radical (unpaired) electrons. The maximum Gasteiger partial charge on any atom is 0.312 e. The lowest BCUT2D eigenvalue weighted by molar-refractivity contribution is -0.386. The van der Waals surface area contributed by atoms with Crippen LogP contribution in [0.1, 0.15) is 49.2 Å². The summed E-state index contributed by atoms with van der Waals surface area (Å²) in [5, 5.41) is 18.2. The van der Waals surface area contributed by atoms with Gasteiger partial charge in [-0.3, -0.25) is 24.5 Å². The number of aromatic nitrogens is 2. The van der Waals surface area contributed by atoms with E-state index in [0.717, 1.165) is 19.6 Å². The summed E-state index contributed by atoms with van der Waals surface area (Å²) in [7, 11) is 0. The van der Waals surface area contributed by atoms with Gasteiger partial charge in [0.1, 0.15) is 17.4 Å². The van der Waals surface area contributed by atoms with Crippen molar-refractivity contribution in [2.45, 2.75) is 52.6 Å². The molecule has 0 spiro atoms. The summed E-state index contributed by atoms with van der Waals surface area (Å²) in [6.07, 6.45) is 3.84. The summed E-state index contributed by atoms with van der Waals surface area (Å²) in [6.45, 7) is 8.09. The molecule has 0 aliphatic carbocycles. The van der Waals surface area contributed by atoms with Crippen molar-refractivity contribution < 1.29 is 9.72 Å². The number of amides is 1. The van der Waals surface area contributed by atoms with Crippen LogP contribution in [0.25, 0.3) is 0 Å². The van der Waals surface area contributed by atoms with Crippen molar-refractivity contribution in [2.24, 2.45) is 0 Å². The highest BCUT2D eigenvalue weighted by Gasteiger charge is 2.27. The molecule has 1 fully saturated rings. The van der Waals surface area contributed by atoms with E-state index >= 15 is 0 Å². The molecule has 1 aliphatic heterocycles. The van der Waals surface area contributed by atoms with Gasteiger partial charge in [-0.1, -0.05) is 18.6 Å². The van der Waals surface area contributed by atoms with E-state index in [4.69, 9.17) is 0 Å². The number of aryl methyl sites for hydroxylation is 1. The van der Waals surface area contributed by atoms with Crippen LogP contribution in [-0.4, -0.2) is 38.6 Å². The van der Waals surface area contributed by atoms with E-state index in [1.807, 2.05) is 24.3 Å². The highest BCUT2D eigenvalue weighted by molar-refractivity contribution is 5.93. The molecule has 2 heterocycles. The van der Waals surface area contributed by atoms with E-state index in [0.29, 0.717) is 17.1 Å². The standard InChI is InChI=1S/C20H27N5O3/c1-14-19(25(27)28)15(2)24(22-14)16(3)20(26)21-18-9-7-17(8-10-18)13-23-11-5-4-6-12-23/h7-10,16H,4-6,11-13H2,1-3H3,(H,21,26).